The minimum atomic E-state index is -4.15. The van der Waals surface area contributed by atoms with Crippen molar-refractivity contribution in [3.63, 3.8) is 0 Å². The second-order valence-corrected chi connectivity index (χ2v) is 9.14. The highest BCUT2D eigenvalue weighted by Gasteiger charge is 2.22. The fourth-order valence-electron chi connectivity index (χ4n) is 3.61. The van der Waals surface area contributed by atoms with Crippen LogP contribution in [0.5, 0.6) is 40.2 Å². The molecule has 0 radical (unpaired) electrons. The summed E-state index contributed by atoms with van der Waals surface area (Å²) in [5, 5.41) is 10.8. The standard InChI is InChI=1S/C26H29NO9S/c1-31-19-14-11-18(15-22(19)34-4)37(29,30)27-23-16(9-12-20(32-2)24(23)28)7-8-17-10-13-21(33-3)26(36-6)25(17)35-5/h7-15,27-28H,1-6H3/b8-7+. The molecule has 0 atom stereocenters. The first-order chi connectivity index (χ1) is 17.7. The van der Waals surface area contributed by atoms with E-state index in [1.807, 2.05) is 0 Å². The minimum absolute atomic E-state index is 0.0789. The number of sulfonamides is 1. The maximum atomic E-state index is 13.3. The van der Waals surface area contributed by atoms with Crippen molar-refractivity contribution in [1.29, 1.82) is 0 Å². The van der Waals surface area contributed by atoms with Gasteiger partial charge in [-0.25, -0.2) is 8.42 Å². The van der Waals surface area contributed by atoms with E-state index in [1.165, 1.54) is 66.9 Å². The molecule has 0 spiro atoms. The molecule has 3 aromatic carbocycles. The summed E-state index contributed by atoms with van der Waals surface area (Å²) in [7, 11) is 4.58. The van der Waals surface area contributed by atoms with E-state index in [0.29, 0.717) is 34.1 Å². The third-order valence-corrected chi connectivity index (χ3v) is 6.82. The fourth-order valence-corrected chi connectivity index (χ4v) is 4.72. The Labute approximate surface area is 216 Å². The van der Waals surface area contributed by atoms with E-state index in [4.69, 9.17) is 28.4 Å². The van der Waals surface area contributed by atoms with Crippen molar-refractivity contribution in [3.05, 3.63) is 53.6 Å². The molecule has 0 aromatic heterocycles. The smallest absolute Gasteiger partial charge is 0.262 e. The van der Waals surface area contributed by atoms with E-state index in [-0.39, 0.29) is 27.8 Å². The van der Waals surface area contributed by atoms with E-state index in [1.54, 1.807) is 30.4 Å². The van der Waals surface area contributed by atoms with Gasteiger partial charge < -0.3 is 33.5 Å². The summed E-state index contributed by atoms with van der Waals surface area (Å²) in [5.74, 6) is 1.63. The Kier molecular flexibility index (Phi) is 8.61. The first-order valence-electron chi connectivity index (χ1n) is 10.9. The third kappa shape index (κ3) is 5.61. The Morgan fingerprint density at radius 1 is 0.649 bits per heavy atom. The molecule has 198 valence electrons. The molecule has 0 saturated carbocycles. The molecule has 3 aromatic rings. The Balaban J connectivity index is 2.09. The van der Waals surface area contributed by atoms with Crippen LogP contribution in [0.1, 0.15) is 11.1 Å². The second-order valence-electron chi connectivity index (χ2n) is 7.46. The lowest BCUT2D eigenvalue weighted by molar-refractivity contribution is 0.324. The van der Waals surface area contributed by atoms with Crippen LogP contribution in [-0.4, -0.2) is 56.2 Å². The molecule has 10 nitrogen and oxygen atoms in total. The zero-order valence-corrected chi connectivity index (χ0v) is 22.1. The lowest BCUT2D eigenvalue weighted by Crippen LogP contribution is -2.14. The lowest BCUT2D eigenvalue weighted by Gasteiger charge is -2.16. The van der Waals surface area contributed by atoms with Crippen LogP contribution in [-0.2, 0) is 10.0 Å². The van der Waals surface area contributed by atoms with Crippen LogP contribution in [0.4, 0.5) is 5.69 Å². The second kappa shape index (κ2) is 11.7. The molecule has 0 aliphatic rings. The summed E-state index contributed by atoms with van der Waals surface area (Å²) in [6, 6.07) is 10.8. The highest BCUT2D eigenvalue weighted by molar-refractivity contribution is 7.92. The van der Waals surface area contributed by atoms with Crippen LogP contribution in [0, 0.1) is 0 Å². The van der Waals surface area contributed by atoms with Crippen molar-refractivity contribution < 1.29 is 41.9 Å². The number of hydrogen-bond acceptors (Lipinski definition) is 9. The maximum Gasteiger partial charge on any atom is 0.262 e. The quantitative estimate of drug-likeness (QED) is 0.274. The van der Waals surface area contributed by atoms with Crippen molar-refractivity contribution >= 4 is 27.9 Å². The van der Waals surface area contributed by atoms with Gasteiger partial charge in [-0.2, -0.15) is 0 Å². The fraction of sp³-hybridized carbons (Fsp3) is 0.231. The van der Waals surface area contributed by atoms with E-state index in [0.717, 1.165) is 0 Å². The van der Waals surface area contributed by atoms with E-state index < -0.39 is 10.0 Å². The summed E-state index contributed by atoms with van der Waals surface area (Å²) in [6.07, 6.45) is 3.31. The van der Waals surface area contributed by atoms with Gasteiger partial charge in [0, 0.05) is 17.2 Å². The van der Waals surface area contributed by atoms with Gasteiger partial charge in [0.25, 0.3) is 10.0 Å². The number of anilines is 1. The van der Waals surface area contributed by atoms with Crippen molar-refractivity contribution in [2.24, 2.45) is 0 Å². The zero-order chi connectivity index (χ0) is 27.2. The lowest BCUT2D eigenvalue weighted by atomic mass is 10.1. The van der Waals surface area contributed by atoms with Gasteiger partial charge >= 0.3 is 0 Å². The third-order valence-electron chi connectivity index (χ3n) is 5.47. The zero-order valence-electron chi connectivity index (χ0n) is 21.3. The first kappa shape index (κ1) is 27.3. The van der Waals surface area contributed by atoms with Crippen LogP contribution in [0.25, 0.3) is 12.2 Å². The average Bonchev–Trinajstić information content (AvgIpc) is 2.92. The Morgan fingerprint density at radius 2 is 1.19 bits per heavy atom. The molecule has 2 N–H and O–H groups in total. The molecule has 3 rings (SSSR count). The number of rotatable bonds is 11. The molecule has 0 saturated heterocycles. The molecule has 0 aliphatic heterocycles. The average molecular weight is 532 g/mol. The Hall–Kier alpha value is -4.25. The summed E-state index contributed by atoms with van der Waals surface area (Å²) < 4.78 is 60.8. The van der Waals surface area contributed by atoms with E-state index in [2.05, 4.69) is 4.72 Å². The van der Waals surface area contributed by atoms with Crippen molar-refractivity contribution in [2.45, 2.75) is 4.90 Å². The minimum Gasteiger partial charge on any atom is -0.503 e. The van der Waals surface area contributed by atoms with Crippen LogP contribution in [0.15, 0.2) is 47.4 Å². The monoisotopic (exact) mass is 531 g/mol. The van der Waals surface area contributed by atoms with Gasteiger partial charge in [0.2, 0.25) is 5.75 Å². The Morgan fingerprint density at radius 3 is 1.78 bits per heavy atom. The molecule has 0 unspecified atom stereocenters. The summed E-state index contributed by atoms with van der Waals surface area (Å²) in [5.41, 5.74) is 0.910. The number of hydrogen-bond donors (Lipinski definition) is 2. The van der Waals surface area contributed by atoms with Crippen molar-refractivity contribution in [1.82, 2.24) is 0 Å². The number of phenolic OH excluding ortho intramolecular Hbond substituents is 1. The normalized spacial score (nSPS) is 11.2. The van der Waals surface area contributed by atoms with Gasteiger partial charge in [0.1, 0.15) is 5.69 Å². The molecule has 0 bridgehead atoms. The van der Waals surface area contributed by atoms with Gasteiger partial charge in [0.15, 0.2) is 34.5 Å². The van der Waals surface area contributed by atoms with Gasteiger partial charge in [-0.3, -0.25) is 4.72 Å². The number of nitrogens with one attached hydrogen (secondary N) is 1. The first-order valence-corrected chi connectivity index (χ1v) is 12.3. The maximum absolute atomic E-state index is 13.3. The molecule has 0 amide bonds. The highest BCUT2D eigenvalue weighted by atomic mass is 32.2. The molecular weight excluding hydrogens is 502 g/mol. The number of aromatic hydroxyl groups is 1. The van der Waals surface area contributed by atoms with Crippen LogP contribution < -0.4 is 33.1 Å². The van der Waals surface area contributed by atoms with Crippen LogP contribution in [0.3, 0.4) is 0 Å². The summed E-state index contributed by atoms with van der Waals surface area (Å²) in [4.78, 5) is -0.0936. The summed E-state index contributed by atoms with van der Waals surface area (Å²) in [6.45, 7) is 0. The van der Waals surface area contributed by atoms with Gasteiger partial charge in [-0.15, -0.1) is 0 Å². The number of methoxy groups -OCH3 is 6. The number of ether oxygens (including phenoxy) is 6. The number of phenols is 1. The predicted octanol–water partition coefficient (Wildman–Crippen LogP) is 4.42. The topological polar surface area (TPSA) is 122 Å². The van der Waals surface area contributed by atoms with Gasteiger partial charge in [-0.05, 0) is 36.4 Å². The SMILES string of the molecule is COc1ccc(S(=O)(=O)Nc2c(/C=C/c3ccc(OC)c(OC)c3OC)ccc(OC)c2O)cc1OC. The van der Waals surface area contributed by atoms with E-state index in [9.17, 15) is 13.5 Å². The largest absolute Gasteiger partial charge is 0.503 e. The van der Waals surface area contributed by atoms with Crippen LogP contribution in [0.2, 0.25) is 0 Å². The molecule has 11 heteroatoms. The van der Waals surface area contributed by atoms with E-state index >= 15 is 0 Å². The molecule has 0 fully saturated rings. The van der Waals surface area contributed by atoms with Gasteiger partial charge in [0.05, 0.1) is 47.6 Å². The van der Waals surface area contributed by atoms with Gasteiger partial charge in [-0.1, -0.05) is 12.2 Å². The molecule has 37 heavy (non-hydrogen) atoms. The number of benzene rings is 3. The Bertz CT molecular complexity index is 1400. The van der Waals surface area contributed by atoms with Crippen molar-refractivity contribution in [2.75, 3.05) is 47.4 Å². The summed E-state index contributed by atoms with van der Waals surface area (Å²) >= 11 is 0. The van der Waals surface area contributed by atoms with Crippen molar-refractivity contribution in [3.8, 4) is 40.2 Å². The van der Waals surface area contributed by atoms with Crippen LogP contribution >= 0.6 is 0 Å². The molecule has 0 heterocycles. The predicted molar refractivity (Wildman–Crippen MR) is 140 cm³/mol. The highest BCUT2D eigenvalue weighted by Crippen LogP contribution is 2.42. The molecule has 0 aliphatic carbocycles. The molecular formula is C26H29NO9S.